The van der Waals surface area contributed by atoms with Crippen LogP contribution in [-0.4, -0.2) is 87.4 Å². The second-order valence-corrected chi connectivity index (χ2v) is 19.9. The SMILES string of the molecule is CC/C=C\C/C=C\C/C=C\C/C=C\C/C=C\C/C=C\C/C=C\C/C=C\C/C=C\CCCC(=O)OC(COC(=O)CCCCCCCCCCCCCCCCCCCC)COC(OCC[N+](C)(C)C)C(=O)O. The summed E-state index contributed by atoms with van der Waals surface area (Å²) in [4.78, 5) is 37.4. The lowest BCUT2D eigenvalue weighted by Crippen LogP contribution is -2.40. The number of hydrogen-bond acceptors (Lipinski definition) is 7. The molecule has 410 valence electrons. The monoisotopic (exact) mass is 1000 g/mol. The fraction of sp³-hybridized carbons (Fsp3) is 0.667. The highest BCUT2D eigenvalue weighted by atomic mass is 16.7. The van der Waals surface area contributed by atoms with Crippen molar-refractivity contribution in [1.29, 1.82) is 0 Å². The van der Waals surface area contributed by atoms with Crippen molar-refractivity contribution in [2.45, 2.75) is 225 Å². The Morgan fingerprint density at radius 2 is 0.792 bits per heavy atom. The van der Waals surface area contributed by atoms with Crippen LogP contribution in [0.1, 0.15) is 213 Å². The number of ether oxygens (including phenoxy) is 4. The normalized spacial score (nSPS) is 13.6. The minimum Gasteiger partial charge on any atom is -0.477 e. The van der Waals surface area contributed by atoms with Gasteiger partial charge in [-0.1, -0.05) is 232 Å². The van der Waals surface area contributed by atoms with Crippen molar-refractivity contribution in [3.8, 4) is 0 Å². The van der Waals surface area contributed by atoms with Crippen LogP contribution in [0, 0.1) is 0 Å². The van der Waals surface area contributed by atoms with Gasteiger partial charge >= 0.3 is 17.9 Å². The molecule has 0 fully saturated rings. The molecule has 0 bridgehead atoms. The van der Waals surface area contributed by atoms with Crippen molar-refractivity contribution < 1.29 is 42.9 Å². The molecule has 0 aromatic heterocycles. The molecule has 0 aliphatic carbocycles. The predicted molar refractivity (Wildman–Crippen MR) is 304 cm³/mol. The highest BCUT2D eigenvalue weighted by Gasteiger charge is 2.25. The van der Waals surface area contributed by atoms with E-state index in [0.29, 0.717) is 23.9 Å². The molecule has 0 aliphatic rings. The van der Waals surface area contributed by atoms with E-state index in [2.05, 4.69) is 123 Å². The number of carbonyl (C=O) groups excluding carboxylic acids is 2. The van der Waals surface area contributed by atoms with E-state index in [1.807, 2.05) is 21.1 Å². The molecule has 9 heteroatoms. The van der Waals surface area contributed by atoms with Gasteiger partial charge in [0.1, 0.15) is 13.2 Å². The molecular weight excluding hydrogens is 899 g/mol. The van der Waals surface area contributed by atoms with E-state index < -0.39 is 24.3 Å². The maximum Gasteiger partial charge on any atom is 0.361 e. The standard InChI is InChI=1S/C63H105NO8/c1-6-8-10-12-14-16-18-20-22-24-26-27-28-29-30-31-32-33-34-35-36-38-40-42-44-46-48-50-52-54-61(66)72-59(58-71-63(62(67)68)69-56-55-64(3,4)5)57-70-60(65)53-51-49-47-45-43-41-39-37-25-23-21-19-17-15-13-11-9-7-2/h8,10,14,16,20,22,26-27,29-30,32-33,35-36,40,42,46,48,59,63H,6-7,9,11-13,15,17-19,21,23-25,28,31,34,37-39,41,43-45,47,49-58H2,1-5H3/p+1/b10-8-,16-14-,22-20-,27-26-,30-29-,33-32-,36-35-,42-40-,48-46-. The number of aliphatic carboxylic acids is 1. The van der Waals surface area contributed by atoms with Gasteiger partial charge in [-0.2, -0.15) is 0 Å². The van der Waals surface area contributed by atoms with Crippen LogP contribution in [0.3, 0.4) is 0 Å². The predicted octanol–water partition coefficient (Wildman–Crippen LogP) is 16.7. The number of carboxylic acids is 1. The summed E-state index contributed by atoms with van der Waals surface area (Å²) >= 11 is 0. The Hall–Kier alpha value is -4.05. The number of unbranched alkanes of at least 4 members (excludes halogenated alkanes) is 18. The first kappa shape index (κ1) is 68.0. The molecule has 0 spiro atoms. The van der Waals surface area contributed by atoms with Gasteiger partial charge in [0.2, 0.25) is 0 Å². The summed E-state index contributed by atoms with van der Waals surface area (Å²) in [7, 11) is 5.94. The lowest BCUT2D eigenvalue weighted by molar-refractivity contribution is -0.870. The lowest BCUT2D eigenvalue weighted by atomic mass is 10.0. The van der Waals surface area contributed by atoms with Crippen molar-refractivity contribution in [2.24, 2.45) is 0 Å². The molecule has 2 atom stereocenters. The van der Waals surface area contributed by atoms with Gasteiger partial charge in [-0.15, -0.1) is 0 Å². The van der Waals surface area contributed by atoms with Gasteiger partial charge in [0.25, 0.3) is 6.29 Å². The van der Waals surface area contributed by atoms with E-state index in [-0.39, 0.29) is 38.6 Å². The van der Waals surface area contributed by atoms with Crippen LogP contribution in [0.2, 0.25) is 0 Å². The molecule has 0 radical (unpaired) electrons. The van der Waals surface area contributed by atoms with Gasteiger partial charge in [-0.25, -0.2) is 4.79 Å². The number of hydrogen-bond donors (Lipinski definition) is 1. The number of carboxylic acid groups (broad SMARTS) is 1. The maximum absolute atomic E-state index is 12.8. The van der Waals surface area contributed by atoms with Crippen molar-refractivity contribution in [3.63, 3.8) is 0 Å². The van der Waals surface area contributed by atoms with E-state index in [9.17, 15) is 19.5 Å². The van der Waals surface area contributed by atoms with Crippen LogP contribution in [0.25, 0.3) is 0 Å². The summed E-state index contributed by atoms with van der Waals surface area (Å²) in [6, 6.07) is 0. The van der Waals surface area contributed by atoms with E-state index in [1.165, 1.54) is 96.3 Å². The third-order valence-corrected chi connectivity index (χ3v) is 11.8. The zero-order chi connectivity index (χ0) is 52.7. The van der Waals surface area contributed by atoms with Crippen LogP contribution in [0.15, 0.2) is 109 Å². The fourth-order valence-corrected chi connectivity index (χ4v) is 7.43. The number of esters is 2. The third kappa shape index (κ3) is 53.7. The van der Waals surface area contributed by atoms with Crippen molar-refractivity contribution >= 4 is 17.9 Å². The summed E-state index contributed by atoms with van der Waals surface area (Å²) < 4.78 is 22.8. The van der Waals surface area contributed by atoms with Crippen LogP contribution >= 0.6 is 0 Å². The molecule has 0 aliphatic heterocycles. The first-order valence-electron chi connectivity index (χ1n) is 28.6. The summed E-state index contributed by atoms with van der Waals surface area (Å²) in [6.45, 7) is 4.70. The maximum atomic E-state index is 12.8. The second kappa shape index (κ2) is 53.2. The van der Waals surface area contributed by atoms with Crippen LogP contribution in [-0.2, 0) is 33.3 Å². The summed E-state index contributed by atoms with van der Waals surface area (Å²) in [5, 5.41) is 9.69. The summed E-state index contributed by atoms with van der Waals surface area (Å²) in [6.07, 6.45) is 70.3. The average Bonchev–Trinajstić information content (AvgIpc) is 3.35. The highest BCUT2D eigenvalue weighted by Crippen LogP contribution is 2.15. The molecule has 0 amide bonds. The van der Waals surface area contributed by atoms with E-state index in [1.54, 1.807) is 0 Å². The molecule has 0 saturated carbocycles. The van der Waals surface area contributed by atoms with E-state index in [4.69, 9.17) is 18.9 Å². The zero-order valence-corrected chi connectivity index (χ0v) is 46.5. The number of nitrogens with zero attached hydrogens (tertiary/aromatic N) is 1. The zero-order valence-electron chi connectivity index (χ0n) is 46.5. The Morgan fingerprint density at radius 1 is 0.431 bits per heavy atom. The average molecular weight is 1010 g/mol. The number of allylic oxidation sites excluding steroid dienone is 18. The van der Waals surface area contributed by atoms with Crippen molar-refractivity contribution in [1.82, 2.24) is 0 Å². The van der Waals surface area contributed by atoms with Gasteiger partial charge < -0.3 is 28.5 Å². The number of rotatable bonds is 51. The third-order valence-electron chi connectivity index (χ3n) is 11.8. The van der Waals surface area contributed by atoms with Crippen LogP contribution in [0.5, 0.6) is 0 Å². The Labute approximate surface area is 441 Å². The molecule has 0 saturated heterocycles. The number of carbonyl (C=O) groups is 3. The fourth-order valence-electron chi connectivity index (χ4n) is 7.43. The molecule has 0 aromatic rings. The quantitative estimate of drug-likeness (QED) is 0.0211. The molecule has 9 nitrogen and oxygen atoms in total. The minimum absolute atomic E-state index is 0.172. The largest absolute Gasteiger partial charge is 0.477 e. The Morgan fingerprint density at radius 3 is 1.17 bits per heavy atom. The van der Waals surface area contributed by atoms with E-state index in [0.717, 1.165) is 77.0 Å². The topological polar surface area (TPSA) is 108 Å². The molecule has 0 aromatic carbocycles. The smallest absolute Gasteiger partial charge is 0.361 e. The molecule has 0 rings (SSSR count). The van der Waals surface area contributed by atoms with Crippen LogP contribution < -0.4 is 0 Å². The highest BCUT2D eigenvalue weighted by molar-refractivity contribution is 5.71. The number of quaternary nitrogens is 1. The number of likely N-dealkylation sites (N-methyl/N-ethyl adjacent to an activating group) is 1. The Bertz CT molecular complexity index is 1540. The summed E-state index contributed by atoms with van der Waals surface area (Å²) in [5.74, 6) is -2.09. The van der Waals surface area contributed by atoms with Crippen molar-refractivity contribution in [3.05, 3.63) is 109 Å². The molecule has 2 unspecified atom stereocenters. The molecule has 1 N–H and O–H groups in total. The van der Waals surface area contributed by atoms with E-state index >= 15 is 0 Å². The minimum atomic E-state index is -1.53. The molecule has 0 heterocycles. The summed E-state index contributed by atoms with van der Waals surface area (Å²) in [5.41, 5.74) is 0. The lowest BCUT2D eigenvalue weighted by Gasteiger charge is -2.25. The van der Waals surface area contributed by atoms with Crippen molar-refractivity contribution in [2.75, 3.05) is 47.5 Å². The second-order valence-electron chi connectivity index (χ2n) is 19.9. The van der Waals surface area contributed by atoms with Crippen LogP contribution in [0.4, 0.5) is 0 Å². The first-order chi connectivity index (χ1) is 35.1. The van der Waals surface area contributed by atoms with Gasteiger partial charge in [-0.3, -0.25) is 9.59 Å². The Balaban J connectivity index is 4.40. The van der Waals surface area contributed by atoms with Gasteiger partial charge in [0, 0.05) is 12.8 Å². The van der Waals surface area contributed by atoms with Gasteiger partial charge in [-0.05, 0) is 77.0 Å². The molecule has 72 heavy (non-hydrogen) atoms. The van der Waals surface area contributed by atoms with Gasteiger partial charge in [0.15, 0.2) is 6.10 Å². The molecular formula is C63H106NO8+. The first-order valence-corrected chi connectivity index (χ1v) is 28.6. The van der Waals surface area contributed by atoms with Gasteiger partial charge in [0.05, 0.1) is 34.4 Å². The Kier molecular flexibility index (Phi) is 50.3.